The minimum Gasteiger partial charge on any atom is -0.298 e. The molecule has 0 atom stereocenters. The molecule has 0 aliphatic rings. The number of anilines is 1. The highest BCUT2D eigenvalue weighted by Gasteiger charge is 2.30. The fraction of sp³-hybridized carbons (Fsp3) is 0.118. The van der Waals surface area contributed by atoms with Gasteiger partial charge >= 0.3 is 6.18 Å². The second-order valence-corrected chi connectivity index (χ2v) is 7.84. The van der Waals surface area contributed by atoms with Gasteiger partial charge in [0, 0.05) is 28.2 Å². The zero-order valence-corrected chi connectivity index (χ0v) is 16.5. The van der Waals surface area contributed by atoms with Crippen molar-refractivity contribution in [3.8, 4) is 0 Å². The maximum Gasteiger partial charge on any atom is 0.416 e. The Labute approximate surface area is 169 Å². The molecule has 2 aromatic heterocycles. The van der Waals surface area contributed by atoms with Crippen LogP contribution in [0, 0.1) is 0 Å². The average Bonchev–Trinajstić information content (AvgIpc) is 3.03. The summed E-state index contributed by atoms with van der Waals surface area (Å²) in [6, 6.07) is 6.63. The first-order chi connectivity index (χ1) is 12.7. The van der Waals surface area contributed by atoms with E-state index in [9.17, 15) is 18.0 Å². The van der Waals surface area contributed by atoms with Crippen LogP contribution in [0.1, 0.15) is 26.4 Å². The third kappa shape index (κ3) is 5.06. The molecule has 0 spiro atoms. The molecule has 0 radical (unpaired) electrons. The Balaban J connectivity index is 1.72. The number of pyridine rings is 1. The van der Waals surface area contributed by atoms with Crippen LogP contribution in [-0.2, 0) is 12.6 Å². The van der Waals surface area contributed by atoms with E-state index >= 15 is 0 Å². The number of carbonyl (C=O) groups excluding carboxylic acids is 1. The summed E-state index contributed by atoms with van der Waals surface area (Å²) in [5.74, 6) is -0.478. The van der Waals surface area contributed by atoms with Crippen LogP contribution in [-0.4, -0.2) is 15.9 Å². The Morgan fingerprint density at radius 1 is 1.22 bits per heavy atom. The van der Waals surface area contributed by atoms with Crippen molar-refractivity contribution >= 4 is 49.9 Å². The van der Waals surface area contributed by atoms with Gasteiger partial charge in [0.25, 0.3) is 5.91 Å². The van der Waals surface area contributed by atoms with Crippen LogP contribution in [0.2, 0.25) is 5.15 Å². The molecule has 1 amide bonds. The molecular formula is C17H10BrClF3N3OS. The summed E-state index contributed by atoms with van der Waals surface area (Å²) in [4.78, 5) is 21.0. The predicted molar refractivity (Wildman–Crippen MR) is 101 cm³/mol. The summed E-state index contributed by atoms with van der Waals surface area (Å²) in [7, 11) is 0. The Morgan fingerprint density at radius 2 is 2.00 bits per heavy atom. The molecule has 0 fully saturated rings. The maximum atomic E-state index is 12.8. The number of thiazole rings is 1. The molecule has 3 rings (SSSR count). The number of halogens is 5. The van der Waals surface area contributed by atoms with E-state index in [1.165, 1.54) is 35.9 Å². The van der Waals surface area contributed by atoms with Crippen molar-refractivity contribution < 1.29 is 18.0 Å². The first-order valence-electron chi connectivity index (χ1n) is 7.45. The summed E-state index contributed by atoms with van der Waals surface area (Å²) in [5, 5.41) is 2.98. The molecule has 10 heteroatoms. The van der Waals surface area contributed by atoms with E-state index in [4.69, 9.17) is 11.6 Å². The van der Waals surface area contributed by atoms with E-state index in [0.717, 1.165) is 12.1 Å². The molecule has 0 aliphatic carbocycles. The highest BCUT2D eigenvalue weighted by atomic mass is 79.9. The second kappa shape index (κ2) is 7.95. The Morgan fingerprint density at radius 3 is 2.74 bits per heavy atom. The first kappa shape index (κ1) is 19.8. The quantitative estimate of drug-likeness (QED) is 0.483. The SMILES string of the molecule is O=C(Nc1ncc(Cc2cccc(C(F)(F)F)c2)s1)c1cc(Br)cnc1Cl. The number of nitrogens with zero attached hydrogens (tertiary/aromatic N) is 2. The van der Waals surface area contributed by atoms with Crippen molar-refractivity contribution in [3.63, 3.8) is 0 Å². The van der Waals surface area contributed by atoms with E-state index < -0.39 is 17.6 Å². The Hall–Kier alpha value is -1.97. The Bertz CT molecular complexity index is 994. The topological polar surface area (TPSA) is 54.9 Å². The van der Waals surface area contributed by atoms with E-state index in [-0.39, 0.29) is 17.1 Å². The molecule has 0 bridgehead atoms. The molecule has 140 valence electrons. The number of hydrogen-bond acceptors (Lipinski definition) is 4. The van der Waals surface area contributed by atoms with Gasteiger partial charge in [-0.1, -0.05) is 29.8 Å². The van der Waals surface area contributed by atoms with Gasteiger partial charge in [0.15, 0.2) is 5.13 Å². The number of hydrogen-bond donors (Lipinski definition) is 1. The monoisotopic (exact) mass is 475 g/mol. The van der Waals surface area contributed by atoms with Crippen molar-refractivity contribution in [1.82, 2.24) is 9.97 Å². The van der Waals surface area contributed by atoms with Crippen LogP contribution in [0.15, 0.2) is 47.2 Å². The lowest BCUT2D eigenvalue weighted by Gasteiger charge is -2.07. The summed E-state index contributed by atoms with van der Waals surface area (Å²) in [6.45, 7) is 0. The first-order valence-corrected chi connectivity index (χ1v) is 9.44. The number of aromatic nitrogens is 2. The molecule has 3 aromatic rings. The highest BCUT2D eigenvalue weighted by Crippen LogP contribution is 2.30. The van der Waals surface area contributed by atoms with Crippen LogP contribution in [0.5, 0.6) is 0 Å². The number of amides is 1. The minimum atomic E-state index is -4.39. The van der Waals surface area contributed by atoms with E-state index in [1.54, 1.807) is 6.07 Å². The molecule has 0 saturated carbocycles. The smallest absolute Gasteiger partial charge is 0.298 e. The van der Waals surface area contributed by atoms with Gasteiger partial charge in [-0.05, 0) is 33.6 Å². The average molecular weight is 477 g/mol. The summed E-state index contributed by atoms with van der Waals surface area (Å²) < 4.78 is 39.0. The fourth-order valence-electron chi connectivity index (χ4n) is 2.25. The van der Waals surface area contributed by atoms with E-state index in [0.29, 0.717) is 20.0 Å². The lowest BCUT2D eigenvalue weighted by Crippen LogP contribution is -2.12. The van der Waals surface area contributed by atoms with Crippen LogP contribution < -0.4 is 5.32 Å². The lowest BCUT2D eigenvalue weighted by molar-refractivity contribution is -0.137. The highest BCUT2D eigenvalue weighted by molar-refractivity contribution is 9.10. The van der Waals surface area contributed by atoms with Crippen LogP contribution in [0.25, 0.3) is 0 Å². The third-order valence-electron chi connectivity index (χ3n) is 3.46. The molecule has 0 unspecified atom stereocenters. The van der Waals surface area contributed by atoms with Crippen LogP contribution in [0.3, 0.4) is 0 Å². The van der Waals surface area contributed by atoms with Crippen molar-refractivity contribution in [3.05, 3.63) is 73.9 Å². The van der Waals surface area contributed by atoms with Gasteiger partial charge < -0.3 is 0 Å². The minimum absolute atomic E-state index is 0.0523. The van der Waals surface area contributed by atoms with Gasteiger partial charge in [0.05, 0.1) is 11.1 Å². The van der Waals surface area contributed by atoms with Crippen molar-refractivity contribution in [1.29, 1.82) is 0 Å². The van der Waals surface area contributed by atoms with Crippen molar-refractivity contribution in [2.45, 2.75) is 12.6 Å². The fourth-order valence-corrected chi connectivity index (χ4v) is 3.61. The van der Waals surface area contributed by atoms with Gasteiger partial charge in [-0.25, -0.2) is 9.97 Å². The third-order valence-corrected chi connectivity index (χ3v) is 5.10. The van der Waals surface area contributed by atoms with Gasteiger partial charge in [0.2, 0.25) is 0 Å². The van der Waals surface area contributed by atoms with Crippen LogP contribution >= 0.6 is 38.9 Å². The lowest BCUT2D eigenvalue weighted by atomic mass is 10.1. The number of nitrogens with one attached hydrogen (secondary N) is 1. The number of rotatable bonds is 4. The molecule has 1 N–H and O–H groups in total. The van der Waals surface area contributed by atoms with Gasteiger partial charge in [-0.2, -0.15) is 13.2 Å². The van der Waals surface area contributed by atoms with Crippen molar-refractivity contribution in [2.24, 2.45) is 0 Å². The molecule has 27 heavy (non-hydrogen) atoms. The predicted octanol–water partition coefficient (Wildman–Crippen LogP) is 5.82. The van der Waals surface area contributed by atoms with E-state index in [1.807, 2.05) is 0 Å². The molecule has 4 nitrogen and oxygen atoms in total. The normalized spacial score (nSPS) is 11.4. The van der Waals surface area contributed by atoms with Gasteiger partial charge in [0.1, 0.15) is 5.15 Å². The van der Waals surface area contributed by atoms with Crippen LogP contribution in [0.4, 0.5) is 18.3 Å². The zero-order valence-electron chi connectivity index (χ0n) is 13.3. The maximum absolute atomic E-state index is 12.8. The molecular weight excluding hydrogens is 467 g/mol. The Kier molecular flexibility index (Phi) is 5.83. The van der Waals surface area contributed by atoms with Gasteiger partial charge in [-0.3, -0.25) is 10.1 Å². The molecule has 2 heterocycles. The summed E-state index contributed by atoms with van der Waals surface area (Å²) >= 11 is 10.3. The molecule has 0 saturated heterocycles. The largest absolute Gasteiger partial charge is 0.416 e. The standard InChI is InChI=1S/C17H10BrClF3N3OS/c18-11-6-13(14(19)23-7-11)15(26)25-16-24-8-12(27-16)5-9-2-1-3-10(4-9)17(20,21)22/h1-4,6-8H,5H2,(H,24,25,26). The van der Waals surface area contributed by atoms with E-state index in [2.05, 4.69) is 31.2 Å². The van der Waals surface area contributed by atoms with Crippen molar-refractivity contribution in [2.75, 3.05) is 5.32 Å². The molecule has 1 aromatic carbocycles. The number of carbonyl (C=O) groups is 1. The summed E-state index contributed by atoms with van der Waals surface area (Å²) in [6.07, 6.45) is -1.13. The zero-order chi connectivity index (χ0) is 19.6. The van der Waals surface area contributed by atoms with Gasteiger partial charge in [-0.15, -0.1) is 11.3 Å². The molecule has 0 aliphatic heterocycles. The summed E-state index contributed by atoms with van der Waals surface area (Å²) in [5.41, 5.74) is -0.0129. The number of alkyl halides is 3. The second-order valence-electron chi connectivity index (χ2n) is 5.45. The number of benzene rings is 1.